The molecule has 0 bridgehead atoms. The lowest BCUT2D eigenvalue weighted by atomic mass is 9.87. The van der Waals surface area contributed by atoms with Gasteiger partial charge in [0.05, 0.1) is 5.01 Å². The van der Waals surface area contributed by atoms with Crippen molar-refractivity contribution in [2.45, 2.75) is 51.9 Å². The molecule has 0 spiro atoms. The first-order valence-electron chi connectivity index (χ1n) is 8.13. The molecule has 22 heavy (non-hydrogen) atoms. The molecule has 2 N–H and O–H groups in total. The van der Waals surface area contributed by atoms with Crippen molar-refractivity contribution in [3.05, 3.63) is 16.1 Å². The molecule has 126 valence electrons. The number of hydrogen-bond donors (Lipinski definition) is 2. The SMILES string of the molecule is CN=C(NCCc1ncc(C)s1)NCCC1CCCCC1.I. The van der Waals surface area contributed by atoms with E-state index >= 15 is 0 Å². The molecule has 4 nitrogen and oxygen atoms in total. The maximum absolute atomic E-state index is 4.38. The minimum absolute atomic E-state index is 0. The summed E-state index contributed by atoms with van der Waals surface area (Å²) in [5, 5.41) is 7.99. The number of hydrogen-bond acceptors (Lipinski definition) is 3. The second-order valence-corrected chi connectivity index (χ2v) is 7.15. The van der Waals surface area contributed by atoms with Crippen molar-refractivity contribution in [2.75, 3.05) is 20.1 Å². The molecule has 1 aromatic rings. The van der Waals surface area contributed by atoms with Crippen LogP contribution in [0, 0.1) is 12.8 Å². The fourth-order valence-corrected chi connectivity index (χ4v) is 3.68. The number of guanidine groups is 1. The summed E-state index contributed by atoms with van der Waals surface area (Å²) in [7, 11) is 1.84. The van der Waals surface area contributed by atoms with E-state index in [2.05, 4.69) is 27.5 Å². The maximum atomic E-state index is 4.38. The summed E-state index contributed by atoms with van der Waals surface area (Å²) in [5.41, 5.74) is 0. The third-order valence-electron chi connectivity index (χ3n) is 4.09. The van der Waals surface area contributed by atoms with Crippen LogP contribution >= 0.6 is 35.3 Å². The van der Waals surface area contributed by atoms with E-state index in [0.29, 0.717) is 0 Å². The molecular formula is C16H29IN4S. The van der Waals surface area contributed by atoms with Gasteiger partial charge in [-0.15, -0.1) is 35.3 Å². The van der Waals surface area contributed by atoms with Crippen LogP contribution < -0.4 is 10.6 Å². The summed E-state index contributed by atoms with van der Waals surface area (Å²) in [6.45, 7) is 4.01. The molecule has 1 fully saturated rings. The number of nitrogens with zero attached hydrogens (tertiary/aromatic N) is 2. The Morgan fingerprint density at radius 3 is 2.64 bits per heavy atom. The van der Waals surface area contributed by atoms with Gasteiger partial charge in [0.2, 0.25) is 0 Å². The van der Waals surface area contributed by atoms with Crippen molar-refractivity contribution in [1.29, 1.82) is 0 Å². The van der Waals surface area contributed by atoms with Gasteiger partial charge in [0.15, 0.2) is 5.96 Å². The van der Waals surface area contributed by atoms with Crippen molar-refractivity contribution < 1.29 is 0 Å². The van der Waals surface area contributed by atoms with E-state index < -0.39 is 0 Å². The van der Waals surface area contributed by atoms with Gasteiger partial charge in [0.25, 0.3) is 0 Å². The van der Waals surface area contributed by atoms with Crippen molar-refractivity contribution in [2.24, 2.45) is 10.9 Å². The largest absolute Gasteiger partial charge is 0.356 e. The molecule has 0 radical (unpaired) electrons. The Morgan fingerprint density at radius 1 is 1.27 bits per heavy atom. The van der Waals surface area contributed by atoms with Gasteiger partial charge in [0, 0.05) is 37.6 Å². The molecular weight excluding hydrogens is 407 g/mol. The van der Waals surface area contributed by atoms with Crippen molar-refractivity contribution in [3.63, 3.8) is 0 Å². The number of rotatable bonds is 6. The first kappa shape index (κ1) is 19.7. The van der Waals surface area contributed by atoms with Crippen LogP contribution in [-0.2, 0) is 6.42 Å². The molecule has 2 rings (SSSR count). The maximum Gasteiger partial charge on any atom is 0.190 e. The predicted octanol–water partition coefficient (Wildman–Crippen LogP) is 3.75. The van der Waals surface area contributed by atoms with E-state index in [1.165, 1.54) is 48.4 Å². The van der Waals surface area contributed by atoms with Gasteiger partial charge in [-0.3, -0.25) is 4.99 Å². The standard InChI is InChI=1S/C16H28N4S.HI/c1-13-12-20-15(21-13)9-11-19-16(17-2)18-10-8-14-6-4-3-5-7-14;/h12,14H,3-11H2,1-2H3,(H2,17,18,19);1H. The lowest BCUT2D eigenvalue weighted by Crippen LogP contribution is -2.39. The topological polar surface area (TPSA) is 49.3 Å². The van der Waals surface area contributed by atoms with Gasteiger partial charge in [0.1, 0.15) is 0 Å². The van der Waals surface area contributed by atoms with Gasteiger partial charge in [-0.1, -0.05) is 32.1 Å². The highest BCUT2D eigenvalue weighted by Crippen LogP contribution is 2.25. The highest BCUT2D eigenvalue weighted by molar-refractivity contribution is 14.0. The zero-order chi connectivity index (χ0) is 14.9. The van der Waals surface area contributed by atoms with E-state index in [9.17, 15) is 0 Å². The van der Waals surface area contributed by atoms with Crippen LogP contribution in [0.2, 0.25) is 0 Å². The van der Waals surface area contributed by atoms with Crippen LogP contribution in [0.1, 0.15) is 48.4 Å². The van der Waals surface area contributed by atoms with Crippen molar-refractivity contribution >= 4 is 41.3 Å². The Kier molecular flexibility index (Phi) is 10.0. The van der Waals surface area contributed by atoms with Crippen LogP contribution in [-0.4, -0.2) is 31.1 Å². The Bertz CT molecular complexity index is 441. The van der Waals surface area contributed by atoms with E-state index in [1.807, 2.05) is 13.2 Å². The fourth-order valence-electron chi connectivity index (χ4n) is 2.90. The molecule has 6 heteroatoms. The molecule has 1 saturated carbocycles. The monoisotopic (exact) mass is 436 g/mol. The van der Waals surface area contributed by atoms with Gasteiger partial charge < -0.3 is 10.6 Å². The third-order valence-corrected chi connectivity index (χ3v) is 5.07. The molecule has 1 aliphatic rings. The second-order valence-electron chi connectivity index (χ2n) is 5.83. The lowest BCUT2D eigenvalue weighted by molar-refractivity contribution is 0.339. The van der Waals surface area contributed by atoms with Crippen LogP contribution in [0.5, 0.6) is 0 Å². The molecule has 1 heterocycles. The fraction of sp³-hybridized carbons (Fsp3) is 0.750. The molecule has 0 aromatic carbocycles. The Balaban J connectivity index is 0.00000242. The minimum atomic E-state index is 0. The molecule has 0 atom stereocenters. The number of aromatic nitrogens is 1. The molecule has 1 aliphatic carbocycles. The summed E-state index contributed by atoms with van der Waals surface area (Å²) in [6, 6.07) is 0. The highest BCUT2D eigenvalue weighted by atomic mass is 127. The molecule has 0 aliphatic heterocycles. The zero-order valence-electron chi connectivity index (χ0n) is 13.7. The number of nitrogens with one attached hydrogen (secondary N) is 2. The summed E-state index contributed by atoms with van der Waals surface area (Å²) < 4.78 is 0. The van der Waals surface area contributed by atoms with Crippen LogP contribution in [0.15, 0.2) is 11.2 Å². The van der Waals surface area contributed by atoms with E-state index in [0.717, 1.165) is 31.4 Å². The lowest BCUT2D eigenvalue weighted by Gasteiger charge is -2.22. The normalized spacial score (nSPS) is 16.2. The van der Waals surface area contributed by atoms with Crippen LogP contribution in [0.3, 0.4) is 0 Å². The van der Waals surface area contributed by atoms with Crippen LogP contribution in [0.25, 0.3) is 0 Å². The minimum Gasteiger partial charge on any atom is -0.356 e. The summed E-state index contributed by atoms with van der Waals surface area (Å²) in [5.74, 6) is 1.83. The molecule has 0 saturated heterocycles. The average molecular weight is 436 g/mol. The van der Waals surface area contributed by atoms with Crippen molar-refractivity contribution in [1.82, 2.24) is 15.6 Å². The van der Waals surface area contributed by atoms with Gasteiger partial charge >= 0.3 is 0 Å². The highest BCUT2D eigenvalue weighted by Gasteiger charge is 2.12. The molecule has 0 unspecified atom stereocenters. The van der Waals surface area contributed by atoms with Crippen LogP contribution in [0.4, 0.5) is 0 Å². The Morgan fingerprint density at radius 2 is 2.00 bits per heavy atom. The van der Waals surface area contributed by atoms with Gasteiger partial charge in [-0.05, 0) is 19.3 Å². The number of halogens is 1. The van der Waals surface area contributed by atoms with E-state index in [1.54, 1.807) is 11.3 Å². The van der Waals surface area contributed by atoms with Gasteiger partial charge in [-0.25, -0.2) is 4.98 Å². The molecule has 1 aromatic heterocycles. The number of thiazole rings is 1. The first-order chi connectivity index (χ1) is 10.3. The smallest absolute Gasteiger partial charge is 0.190 e. The zero-order valence-corrected chi connectivity index (χ0v) is 16.9. The predicted molar refractivity (Wildman–Crippen MR) is 107 cm³/mol. The Hall–Kier alpha value is -0.370. The first-order valence-corrected chi connectivity index (χ1v) is 8.95. The van der Waals surface area contributed by atoms with E-state index in [4.69, 9.17) is 0 Å². The molecule has 0 amide bonds. The summed E-state index contributed by atoms with van der Waals surface area (Å²) in [6.07, 6.45) is 11.3. The quantitative estimate of drug-likeness (QED) is 0.406. The summed E-state index contributed by atoms with van der Waals surface area (Å²) in [4.78, 5) is 9.94. The third kappa shape index (κ3) is 7.26. The summed E-state index contributed by atoms with van der Waals surface area (Å²) >= 11 is 1.77. The van der Waals surface area contributed by atoms with Crippen molar-refractivity contribution in [3.8, 4) is 0 Å². The average Bonchev–Trinajstić information content (AvgIpc) is 2.92. The van der Waals surface area contributed by atoms with Gasteiger partial charge in [-0.2, -0.15) is 0 Å². The Labute approximate surface area is 155 Å². The second kappa shape index (κ2) is 11.2. The number of aryl methyl sites for hydroxylation is 1. The number of aliphatic imine (C=N–C) groups is 1. The van der Waals surface area contributed by atoms with E-state index in [-0.39, 0.29) is 24.0 Å².